The van der Waals surface area contributed by atoms with Crippen molar-refractivity contribution in [3.8, 4) is 11.1 Å². The summed E-state index contributed by atoms with van der Waals surface area (Å²) in [6.07, 6.45) is 3.83. The first-order valence-electron chi connectivity index (χ1n) is 5.07. The van der Waals surface area contributed by atoms with E-state index >= 15 is 0 Å². The Labute approximate surface area is 93.7 Å². The summed E-state index contributed by atoms with van der Waals surface area (Å²) in [7, 11) is 0. The average Bonchev–Trinajstić information content (AvgIpc) is 2.29. The first-order valence-corrected chi connectivity index (χ1v) is 5.45. The van der Waals surface area contributed by atoms with E-state index in [2.05, 4.69) is 29.2 Å². The Kier molecular flexibility index (Phi) is 2.00. The number of nitrogens with zero attached hydrogens (tertiary/aromatic N) is 1. The molecule has 1 heterocycles. The number of aromatic nitrogens is 1. The number of pyridine rings is 1. The van der Waals surface area contributed by atoms with Crippen LogP contribution in [0.1, 0.15) is 11.3 Å². The highest BCUT2D eigenvalue weighted by Crippen LogP contribution is 2.33. The number of hydrogen-bond acceptors (Lipinski definition) is 1. The van der Waals surface area contributed by atoms with E-state index in [-0.39, 0.29) is 0 Å². The fourth-order valence-electron chi connectivity index (χ4n) is 2.15. The molecule has 1 nitrogen and oxygen atoms in total. The van der Waals surface area contributed by atoms with Crippen LogP contribution in [0.5, 0.6) is 0 Å². The lowest BCUT2D eigenvalue weighted by Crippen LogP contribution is -2.05. The molecule has 0 atom stereocenters. The molecule has 0 aliphatic heterocycles. The maximum absolute atomic E-state index is 5.98. The number of aryl methyl sites for hydroxylation is 2. The van der Waals surface area contributed by atoms with E-state index in [9.17, 15) is 0 Å². The molecule has 1 aliphatic rings. The summed E-state index contributed by atoms with van der Waals surface area (Å²) in [6.45, 7) is 0. The van der Waals surface area contributed by atoms with Crippen LogP contribution in [-0.2, 0) is 12.8 Å². The first kappa shape index (κ1) is 8.93. The highest BCUT2D eigenvalue weighted by Gasteiger charge is 2.16. The van der Waals surface area contributed by atoms with Crippen LogP contribution in [0.2, 0.25) is 5.02 Å². The second kappa shape index (κ2) is 3.35. The summed E-state index contributed by atoms with van der Waals surface area (Å²) < 4.78 is 0. The maximum atomic E-state index is 5.98. The van der Waals surface area contributed by atoms with Gasteiger partial charge in [0.15, 0.2) is 0 Å². The summed E-state index contributed by atoms with van der Waals surface area (Å²) in [6, 6.07) is 10.5. The maximum Gasteiger partial charge on any atom is 0.0595 e. The molecule has 0 amide bonds. The monoisotopic (exact) mass is 215 g/mol. The van der Waals surface area contributed by atoms with Crippen molar-refractivity contribution in [3.63, 3.8) is 0 Å². The number of fused-ring (bicyclic) bond motifs is 3. The topological polar surface area (TPSA) is 12.9 Å². The largest absolute Gasteiger partial charge is 0.259 e. The predicted octanol–water partition coefficient (Wildman–Crippen LogP) is 3.50. The second-order valence-electron chi connectivity index (χ2n) is 3.80. The standard InChI is InChI=1S/C13H10ClN/c14-10-7-12-11-4-2-1-3-9(11)5-6-13(12)15-8-10/h1-4,7-8H,5-6H2. The molecule has 0 saturated heterocycles. The van der Waals surface area contributed by atoms with Gasteiger partial charge in [-0.05, 0) is 30.0 Å². The molecule has 0 spiro atoms. The van der Waals surface area contributed by atoms with E-state index in [0.717, 1.165) is 18.5 Å². The van der Waals surface area contributed by atoms with E-state index in [1.165, 1.54) is 16.7 Å². The van der Waals surface area contributed by atoms with Gasteiger partial charge in [-0.1, -0.05) is 35.9 Å². The fourth-order valence-corrected chi connectivity index (χ4v) is 2.31. The molecular formula is C13H10ClN. The molecule has 74 valence electrons. The van der Waals surface area contributed by atoms with Crippen LogP contribution in [0, 0.1) is 0 Å². The molecule has 3 rings (SSSR count). The third-order valence-corrected chi connectivity index (χ3v) is 3.08. The minimum Gasteiger partial charge on any atom is -0.259 e. The zero-order chi connectivity index (χ0) is 10.3. The smallest absolute Gasteiger partial charge is 0.0595 e. The van der Waals surface area contributed by atoms with E-state index < -0.39 is 0 Å². The van der Waals surface area contributed by atoms with Crippen molar-refractivity contribution in [2.24, 2.45) is 0 Å². The molecule has 0 fully saturated rings. The predicted molar refractivity (Wildman–Crippen MR) is 62.1 cm³/mol. The normalized spacial score (nSPS) is 13.1. The third-order valence-electron chi connectivity index (χ3n) is 2.88. The molecule has 0 radical (unpaired) electrons. The lowest BCUT2D eigenvalue weighted by molar-refractivity contribution is 0.896. The Balaban J connectivity index is 2.28. The number of halogens is 1. The van der Waals surface area contributed by atoms with Crippen molar-refractivity contribution in [2.75, 3.05) is 0 Å². The number of hydrogen-bond donors (Lipinski definition) is 0. The number of benzene rings is 1. The van der Waals surface area contributed by atoms with E-state index in [1.54, 1.807) is 6.20 Å². The van der Waals surface area contributed by atoms with E-state index in [0.29, 0.717) is 5.02 Å². The van der Waals surface area contributed by atoms with Gasteiger partial charge in [0.05, 0.1) is 5.02 Å². The van der Waals surface area contributed by atoms with E-state index in [1.807, 2.05) is 6.07 Å². The van der Waals surface area contributed by atoms with Crippen LogP contribution in [0.4, 0.5) is 0 Å². The van der Waals surface area contributed by atoms with Gasteiger partial charge in [-0.25, -0.2) is 0 Å². The molecule has 2 aromatic rings. The van der Waals surface area contributed by atoms with Gasteiger partial charge < -0.3 is 0 Å². The lowest BCUT2D eigenvalue weighted by Gasteiger charge is -2.18. The quantitative estimate of drug-likeness (QED) is 0.656. The van der Waals surface area contributed by atoms with Crippen molar-refractivity contribution in [2.45, 2.75) is 12.8 Å². The molecule has 2 heteroatoms. The van der Waals surface area contributed by atoms with E-state index in [4.69, 9.17) is 11.6 Å². The van der Waals surface area contributed by atoms with Crippen LogP contribution in [0.25, 0.3) is 11.1 Å². The minimum atomic E-state index is 0.713. The van der Waals surface area contributed by atoms with Gasteiger partial charge in [-0.2, -0.15) is 0 Å². The second-order valence-corrected chi connectivity index (χ2v) is 4.24. The zero-order valence-corrected chi connectivity index (χ0v) is 8.96. The third kappa shape index (κ3) is 1.44. The van der Waals surface area contributed by atoms with Gasteiger partial charge in [0.2, 0.25) is 0 Å². The molecule has 0 N–H and O–H groups in total. The molecule has 0 bridgehead atoms. The average molecular weight is 216 g/mol. The Morgan fingerprint density at radius 2 is 1.93 bits per heavy atom. The van der Waals surface area contributed by atoms with Crippen LogP contribution < -0.4 is 0 Å². The van der Waals surface area contributed by atoms with Crippen LogP contribution >= 0.6 is 11.6 Å². The van der Waals surface area contributed by atoms with Crippen molar-refractivity contribution in [3.05, 3.63) is 52.8 Å². The summed E-state index contributed by atoms with van der Waals surface area (Å²) in [5, 5.41) is 0.713. The summed E-state index contributed by atoms with van der Waals surface area (Å²) in [5.41, 5.74) is 5.05. The van der Waals surface area contributed by atoms with Gasteiger partial charge in [-0.3, -0.25) is 4.98 Å². The van der Waals surface area contributed by atoms with Gasteiger partial charge in [0.1, 0.15) is 0 Å². The van der Waals surface area contributed by atoms with Gasteiger partial charge >= 0.3 is 0 Å². The van der Waals surface area contributed by atoms with Gasteiger partial charge in [0.25, 0.3) is 0 Å². The Morgan fingerprint density at radius 1 is 1.07 bits per heavy atom. The minimum absolute atomic E-state index is 0.713. The zero-order valence-electron chi connectivity index (χ0n) is 8.20. The van der Waals surface area contributed by atoms with Crippen LogP contribution in [0.15, 0.2) is 36.5 Å². The molecule has 0 saturated carbocycles. The Bertz CT molecular complexity index is 520. The molecule has 1 aromatic heterocycles. The van der Waals surface area contributed by atoms with Crippen molar-refractivity contribution in [1.29, 1.82) is 0 Å². The van der Waals surface area contributed by atoms with Crippen LogP contribution in [-0.4, -0.2) is 4.98 Å². The van der Waals surface area contributed by atoms with Gasteiger partial charge in [-0.15, -0.1) is 0 Å². The Hall–Kier alpha value is -1.34. The molecular weight excluding hydrogens is 206 g/mol. The molecule has 15 heavy (non-hydrogen) atoms. The lowest BCUT2D eigenvalue weighted by atomic mass is 9.89. The SMILES string of the molecule is Clc1cnc2c(c1)-c1ccccc1CC2. The van der Waals surface area contributed by atoms with Crippen LogP contribution in [0.3, 0.4) is 0 Å². The van der Waals surface area contributed by atoms with Crippen molar-refractivity contribution >= 4 is 11.6 Å². The highest BCUT2D eigenvalue weighted by molar-refractivity contribution is 6.30. The summed E-state index contributed by atoms with van der Waals surface area (Å²) in [5.74, 6) is 0. The highest BCUT2D eigenvalue weighted by atomic mass is 35.5. The van der Waals surface area contributed by atoms with Crippen molar-refractivity contribution < 1.29 is 0 Å². The molecule has 0 unspecified atom stereocenters. The van der Waals surface area contributed by atoms with Crippen molar-refractivity contribution in [1.82, 2.24) is 4.98 Å². The number of rotatable bonds is 0. The molecule has 1 aromatic carbocycles. The Morgan fingerprint density at radius 3 is 2.87 bits per heavy atom. The fraction of sp³-hybridized carbons (Fsp3) is 0.154. The molecule has 1 aliphatic carbocycles. The first-order chi connectivity index (χ1) is 7.34. The van der Waals surface area contributed by atoms with Gasteiger partial charge in [0, 0.05) is 17.5 Å². The summed E-state index contributed by atoms with van der Waals surface area (Å²) >= 11 is 5.98. The summed E-state index contributed by atoms with van der Waals surface area (Å²) in [4.78, 5) is 4.39.